The number of hydrogen-bond donors (Lipinski definition) is 2. The Bertz CT molecular complexity index is 552. The average Bonchev–Trinajstić information content (AvgIpc) is 3.03. The van der Waals surface area contributed by atoms with Crippen molar-refractivity contribution in [2.45, 2.75) is 25.3 Å². The lowest BCUT2D eigenvalue weighted by atomic mass is 10.1. The van der Waals surface area contributed by atoms with Crippen molar-refractivity contribution in [3.63, 3.8) is 0 Å². The summed E-state index contributed by atoms with van der Waals surface area (Å²) in [7, 11) is -1.16. The van der Waals surface area contributed by atoms with Crippen LogP contribution in [0.2, 0.25) is 0 Å². The second-order valence-corrected chi connectivity index (χ2v) is 8.32. The summed E-state index contributed by atoms with van der Waals surface area (Å²) in [5.41, 5.74) is 0. The van der Waals surface area contributed by atoms with E-state index in [2.05, 4.69) is 34.0 Å². The van der Waals surface area contributed by atoms with E-state index >= 15 is 0 Å². The average molecular weight is 315 g/mol. The predicted molar refractivity (Wildman–Crippen MR) is 84.3 cm³/mol. The zero-order chi connectivity index (χ0) is 14.6. The van der Waals surface area contributed by atoms with E-state index in [9.17, 15) is 8.42 Å². The molecular formula is C13H21N3O2S2. The minimum absolute atomic E-state index is 0.0248. The first-order valence-corrected chi connectivity index (χ1v) is 9.41. The topological polar surface area (TPSA) is 70.6 Å². The first-order chi connectivity index (χ1) is 9.50. The Morgan fingerprint density at radius 2 is 2.40 bits per heavy atom. The van der Waals surface area contributed by atoms with Crippen LogP contribution in [-0.2, 0) is 9.84 Å². The third-order valence-corrected chi connectivity index (χ3v) is 6.27. The first-order valence-electron chi connectivity index (χ1n) is 6.71. The number of aliphatic imine (C=N–C) groups is 1. The van der Waals surface area contributed by atoms with Gasteiger partial charge in [-0.2, -0.15) is 0 Å². The maximum absolute atomic E-state index is 11.4. The monoisotopic (exact) mass is 315 g/mol. The normalized spacial score (nSPS) is 23.5. The van der Waals surface area contributed by atoms with Gasteiger partial charge in [0.2, 0.25) is 0 Å². The Hall–Kier alpha value is -1.08. The van der Waals surface area contributed by atoms with Crippen molar-refractivity contribution >= 4 is 27.1 Å². The van der Waals surface area contributed by atoms with Gasteiger partial charge in [0.25, 0.3) is 0 Å². The quantitative estimate of drug-likeness (QED) is 0.647. The summed E-state index contributed by atoms with van der Waals surface area (Å²) >= 11 is 1.74. The molecular weight excluding hydrogens is 294 g/mol. The summed E-state index contributed by atoms with van der Waals surface area (Å²) in [4.78, 5) is 5.49. The van der Waals surface area contributed by atoms with Crippen molar-refractivity contribution in [3.8, 4) is 0 Å². The highest BCUT2D eigenvalue weighted by atomic mass is 32.2. The molecule has 1 aromatic heterocycles. The van der Waals surface area contributed by atoms with Crippen LogP contribution in [0.1, 0.15) is 24.1 Å². The number of guanidine groups is 1. The molecule has 1 aromatic rings. The maximum atomic E-state index is 11.4. The van der Waals surface area contributed by atoms with Gasteiger partial charge in [-0.15, -0.1) is 11.3 Å². The molecule has 0 bridgehead atoms. The zero-order valence-electron chi connectivity index (χ0n) is 11.8. The minimum Gasteiger partial charge on any atom is -0.356 e. The Morgan fingerprint density at radius 1 is 1.60 bits per heavy atom. The van der Waals surface area contributed by atoms with E-state index in [1.54, 1.807) is 18.4 Å². The van der Waals surface area contributed by atoms with Crippen LogP contribution in [0.4, 0.5) is 0 Å². The van der Waals surface area contributed by atoms with Crippen LogP contribution in [0, 0.1) is 0 Å². The Morgan fingerprint density at radius 3 is 2.95 bits per heavy atom. The van der Waals surface area contributed by atoms with Crippen molar-refractivity contribution in [1.29, 1.82) is 0 Å². The van der Waals surface area contributed by atoms with E-state index in [1.807, 2.05) is 6.07 Å². The molecule has 7 heteroatoms. The van der Waals surface area contributed by atoms with Crippen LogP contribution in [0.5, 0.6) is 0 Å². The number of sulfone groups is 1. The summed E-state index contributed by atoms with van der Waals surface area (Å²) in [6.07, 6.45) is 0.656. The summed E-state index contributed by atoms with van der Waals surface area (Å²) in [6, 6.07) is 4.15. The first kappa shape index (κ1) is 15.3. The highest BCUT2D eigenvalue weighted by molar-refractivity contribution is 7.91. The fourth-order valence-electron chi connectivity index (χ4n) is 2.22. The summed E-state index contributed by atoms with van der Waals surface area (Å²) in [5.74, 6) is 1.55. The number of rotatable bonds is 4. The van der Waals surface area contributed by atoms with E-state index in [4.69, 9.17) is 0 Å². The third kappa shape index (κ3) is 4.21. The van der Waals surface area contributed by atoms with E-state index < -0.39 is 9.84 Å². The number of nitrogens with zero attached hydrogens (tertiary/aromatic N) is 1. The molecule has 0 aliphatic carbocycles. The minimum atomic E-state index is -2.86. The molecule has 2 N–H and O–H groups in total. The molecule has 20 heavy (non-hydrogen) atoms. The number of thiophene rings is 1. The lowest BCUT2D eigenvalue weighted by Crippen LogP contribution is -2.44. The summed E-state index contributed by atoms with van der Waals surface area (Å²) < 4.78 is 22.9. The van der Waals surface area contributed by atoms with Crippen molar-refractivity contribution in [2.24, 2.45) is 4.99 Å². The van der Waals surface area contributed by atoms with Gasteiger partial charge in [-0.1, -0.05) is 13.0 Å². The van der Waals surface area contributed by atoms with Gasteiger partial charge >= 0.3 is 0 Å². The molecule has 5 nitrogen and oxygen atoms in total. The lowest BCUT2D eigenvalue weighted by molar-refractivity contribution is 0.599. The molecule has 0 spiro atoms. The molecule has 2 heterocycles. The van der Waals surface area contributed by atoms with Crippen LogP contribution in [0.25, 0.3) is 0 Å². The maximum Gasteiger partial charge on any atom is 0.191 e. The highest BCUT2D eigenvalue weighted by Crippen LogP contribution is 2.19. The third-order valence-electron chi connectivity index (χ3n) is 3.40. The van der Waals surface area contributed by atoms with E-state index in [1.165, 1.54) is 4.88 Å². The van der Waals surface area contributed by atoms with Crippen molar-refractivity contribution in [1.82, 2.24) is 10.6 Å². The highest BCUT2D eigenvalue weighted by Gasteiger charge is 2.28. The Labute approximate surface area is 124 Å². The molecule has 1 saturated heterocycles. The van der Waals surface area contributed by atoms with Gasteiger partial charge in [0.15, 0.2) is 15.8 Å². The van der Waals surface area contributed by atoms with Gasteiger partial charge in [-0.25, -0.2) is 8.42 Å². The smallest absolute Gasteiger partial charge is 0.191 e. The molecule has 0 saturated carbocycles. The van der Waals surface area contributed by atoms with Gasteiger partial charge in [-0.05, 0) is 17.9 Å². The molecule has 0 radical (unpaired) electrons. The SMILES string of the molecule is CN=C(NCC(C)c1cccs1)NC1CCS(=O)(=O)C1. The lowest BCUT2D eigenvalue weighted by Gasteiger charge is -2.18. The van der Waals surface area contributed by atoms with E-state index in [0.717, 1.165) is 6.54 Å². The van der Waals surface area contributed by atoms with Crippen LogP contribution in [0.15, 0.2) is 22.5 Å². The summed E-state index contributed by atoms with van der Waals surface area (Å²) in [6.45, 7) is 2.94. The van der Waals surface area contributed by atoms with Crippen molar-refractivity contribution in [2.75, 3.05) is 25.1 Å². The van der Waals surface area contributed by atoms with Gasteiger partial charge < -0.3 is 10.6 Å². The molecule has 1 aliphatic rings. The number of hydrogen-bond acceptors (Lipinski definition) is 4. The van der Waals surface area contributed by atoms with Crippen LogP contribution in [0.3, 0.4) is 0 Å². The van der Waals surface area contributed by atoms with Gasteiger partial charge in [0, 0.05) is 30.4 Å². The predicted octanol–water partition coefficient (Wildman–Crippen LogP) is 1.20. The summed E-state index contributed by atoms with van der Waals surface area (Å²) in [5, 5.41) is 8.52. The Kier molecular flexibility index (Phi) is 5.04. The molecule has 1 aliphatic heterocycles. The van der Waals surface area contributed by atoms with Crippen LogP contribution >= 0.6 is 11.3 Å². The van der Waals surface area contributed by atoms with E-state index in [-0.39, 0.29) is 17.5 Å². The zero-order valence-corrected chi connectivity index (χ0v) is 13.4. The Balaban J connectivity index is 1.82. The second kappa shape index (κ2) is 6.58. The van der Waals surface area contributed by atoms with Crippen LogP contribution < -0.4 is 10.6 Å². The van der Waals surface area contributed by atoms with Gasteiger partial charge in [0.05, 0.1) is 11.5 Å². The molecule has 1 fully saturated rings. The largest absolute Gasteiger partial charge is 0.356 e. The molecule has 2 rings (SSSR count). The van der Waals surface area contributed by atoms with Crippen molar-refractivity contribution < 1.29 is 8.42 Å². The van der Waals surface area contributed by atoms with Gasteiger partial charge in [0.1, 0.15) is 0 Å². The number of nitrogens with one attached hydrogen (secondary N) is 2. The van der Waals surface area contributed by atoms with E-state index in [0.29, 0.717) is 18.3 Å². The molecule has 0 amide bonds. The second-order valence-electron chi connectivity index (χ2n) is 5.11. The molecule has 2 unspecified atom stereocenters. The fourth-order valence-corrected chi connectivity index (χ4v) is 4.68. The molecule has 0 aromatic carbocycles. The standard InChI is InChI=1S/C13H21N3O2S2/c1-10(12-4-3-6-19-12)8-15-13(14-2)16-11-5-7-20(17,18)9-11/h3-4,6,10-11H,5,7-9H2,1-2H3,(H2,14,15,16). The molecule has 112 valence electrons. The fraction of sp³-hybridized carbons (Fsp3) is 0.615. The molecule has 2 atom stereocenters. The van der Waals surface area contributed by atoms with Gasteiger partial charge in [-0.3, -0.25) is 4.99 Å². The van der Waals surface area contributed by atoms with Crippen LogP contribution in [-0.4, -0.2) is 45.5 Å². The van der Waals surface area contributed by atoms with Crippen molar-refractivity contribution in [3.05, 3.63) is 22.4 Å².